The van der Waals surface area contributed by atoms with E-state index in [1.807, 2.05) is 35.1 Å². The lowest BCUT2D eigenvalue weighted by Crippen LogP contribution is -2.34. The van der Waals surface area contributed by atoms with Crippen LogP contribution in [-0.4, -0.2) is 32.8 Å². The largest absolute Gasteiger partial charge is 0.356 e. The van der Waals surface area contributed by atoms with Gasteiger partial charge in [-0.25, -0.2) is 14.6 Å². The molecule has 1 aliphatic heterocycles. The molecule has 5 nitrogen and oxygen atoms in total. The SMILES string of the molecule is C[C@@H]1CCCN(c2ncnc3c2cnn3-c2cccc(Cl)c2)C1. The minimum atomic E-state index is 0.685. The number of rotatable bonds is 2. The molecule has 0 N–H and O–H groups in total. The van der Waals surface area contributed by atoms with Gasteiger partial charge >= 0.3 is 0 Å². The Kier molecular flexibility index (Phi) is 3.65. The quantitative estimate of drug-likeness (QED) is 0.720. The first-order chi connectivity index (χ1) is 11.2. The summed E-state index contributed by atoms with van der Waals surface area (Å²) in [6, 6.07) is 7.63. The minimum absolute atomic E-state index is 0.685. The predicted molar refractivity (Wildman–Crippen MR) is 92.3 cm³/mol. The number of hydrogen-bond donors (Lipinski definition) is 0. The molecule has 3 heterocycles. The molecule has 1 aromatic carbocycles. The zero-order valence-electron chi connectivity index (χ0n) is 13.0. The molecule has 1 fully saturated rings. The van der Waals surface area contributed by atoms with Gasteiger partial charge in [0.05, 0.1) is 17.3 Å². The maximum atomic E-state index is 6.10. The average molecular weight is 328 g/mol. The van der Waals surface area contributed by atoms with Crippen LogP contribution in [0.4, 0.5) is 5.82 Å². The Bertz CT molecular complexity index is 844. The maximum Gasteiger partial charge on any atom is 0.168 e. The van der Waals surface area contributed by atoms with E-state index < -0.39 is 0 Å². The van der Waals surface area contributed by atoms with Crippen LogP contribution in [0.5, 0.6) is 0 Å². The molecule has 6 heteroatoms. The van der Waals surface area contributed by atoms with E-state index >= 15 is 0 Å². The number of anilines is 1. The number of aromatic nitrogens is 4. The van der Waals surface area contributed by atoms with Crippen LogP contribution in [0, 0.1) is 5.92 Å². The van der Waals surface area contributed by atoms with Crippen LogP contribution in [0.2, 0.25) is 5.02 Å². The molecule has 0 saturated carbocycles. The fourth-order valence-corrected chi connectivity index (χ4v) is 3.45. The van der Waals surface area contributed by atoms with Crippen LogP contribution in [0.3, 0.4) is 0 Å². The van der Waals surface area contributed by atoms with Gasteiger partial charge in [-0.05, 0) is 37.0 Å². The predicted octanol–water partition coefficient (Wildman–Crippen LogP) is 3.71. The highest BCUT2D eigenvalue weighted by Crippen LogP contribution is 2.28. The summed E-state index contributed by atoms with van der Waals surface area (Å²) in [5, 5.41) is 6.18. The summed E-state index contributed by atoms with van der Waals surface area (Å²) in [6.45, 7) is 4.37. The van der Waals surface area contributed by atoms with Crippen molar-refractivity contribution in [1.82, 2.24) is 19.7 Å². The van der Waals surface area contributed by atoms with Crippen molar-refractivity contribution in [3.63, 3.8) is 0 Å². The van der Waals surface area contributed by atoms with Crippen LogP contribution in [0.1, 0.15) is 19.8 Å². The normalized spacial score (nSPS) is 18.5. The van der Waals surface area contributed by atoms with Crippen molar-refractivity contribution in [2.24, 2.45) is 5.92 Å². The van der Waals surface area contributed by atoms with E-state index in [9.17, 15) is 0 Å². The molecular weight excluding hydrogens is 310 g/mol. The van der Waals surface area contributed by atoms with Gasteiger partial charge in [-0.2, -0.15) is 5.10 Å². The second kappa shape index (κ2) is 5.81. The second-order valence-corrected chi connectivity index (χ2v) is 6.60. The van der Waals surface area contributed by atoms with E-state index in [1.54, 1.807) is 6.33 Å². The van der Waals surface area contributed by atoms with E-state index in [-0.39, 0.29) is 0 Å². The Morgan fingerprint density at radius 1 is 1.26 bits per heavy atom. The van der Waals surface area contributed by atoms with Gasteiger partial charge in [-0.3, -0.25) is 0 Å². The lowest BCUT2D eigenvalue weighted by atomic mass is 10.0. The molecular formula is C17H18ClN5. The molecule has 0 spiro atoms. The third-order valence-electron chi connectivity index (χ3n) is 4.35. The van der Waals surface area contributed by atoms with Crippen molar-refractivity contribution in [3.05, 3.63) is 41.8 Å². The second-order valence-electron chi connectivity index (χ2n) is 6.16. The number of fused-ring (bicyclic) bond motifs is 1. The molecule has 4 rings (SSSR count). The lowest BCUT2D eigenvalue weighted by Gasteiger charge is -2.31. The molecule has 0 amide bonds. The van der Waals surface area contributed by atoms with Gasteiger partial charge in [0, 0.05) is 18.1 Å². The molecule has 1 aliphatic rings. The summed E-state index contributed by atoms with van der Waals surface area (Å²) < 4.78 is 1.82. The highest BCUT2D eigenvalue weighted by Gasteiger charge is 2.21. The molecule has 0 radical (unpaired) electrons. The topological polar surface area (TPSA) is 46.8 Å². The molecule has 1 atom stereocenters. The first kappa shape index (κ1) is 14.5. The van der Waals surface area contributed by atoms with Gasteiger partial charge in [0.15, 0.2) is 5.65 Å². The van der Waals surface area contributed by atoms with Crippen LogP contribution in [-0.2, 0) is 0 Å². The highest BCUT2D eigenvalue weighted by atomic mass is 35.5. The minimum Gasteiger partial charge on any atom is -0.356 e. The zero-order valence-corrected chi connectivity index (χ0v) is 13.7. The molecule has 3 aromatic rings. The summed E-state index contributed by atoms with van der Waals surface area (Å²) in [6.07, 6.45) is 5.96. The summed E-state index contributed by atoms with van der Waals surface area (Å²) in [5.74, 6) is 1.67. The number of piperidine rings is 1. The standard InChI is InChI=1S/C17H18ClN5/c1-12-4-3-7-22(10-12)16-15-9-21-23(17(15)20-11-19-16)14-6-2-5-13(18)8-14/h2,5-6,8-9,11-12H,3-4,7,10H2,1H3/t12-/m1/s1. The molecule has 0 bridgehead atoms. The van der Waals surface area contributed by atoms with Crippen LogP contribution < -0.4 is 4.90 Å². The monoisotopic (exact) mass is 327 g/mol. The van der Waals surface area contributed by atoms with E-state index in [4.69, 9.17) is 11.6 Å². The lowest BCUT2D eigenvalue weighted by molar-refractivity contribution is 0.445. The highest BCUT2D eigenvalue weighted by molar-refractivity contribution is 6.30. The van der Waals surface area contributed by atoms with Gasteiger partial charge in [0.25, 0.3) is 0 Å². The van der Waals surface area contributed by atoms with Crippen molar-refractivity contribution in [2.75, 3.05) is 18.0 Å². The summed E-state index contributed by atoms with van der Waals surface area (Å²) >= 11 is 6.10. The van der Waals surface area contributed by atoms with Crippen molar-refractivity contribution >= 4 is 28.5 Å². The van der Waals surface area contributed by atoms with Crippen molar-refractivity contribution in [3.8, 4) is 5.69 Å². The molecule has 2 aromatic heterocycles. The van der Waals surface area contributed by atoms with E-state index in [2.05, 4.69) is 26.9 Å². The fraction of sp³-hybridized carbons (Fsp3) is 0.353. The molecule has 118 valence electrons. The Balaban J connectivity index is 1.80. The van der Waals surface area contributed by atoms with E-state index in [0.29, 0.717) is 10.9 Å². The Hall–Kier alpha value is -2.14. The van der Waals surface area contributed by atoms with Crippen molar-refractivity contribution in [1.29, 1.82) is 0 Å². The summed E-state index contributed by atoms with van der Waals surface area (Å²) in [5.41, 5.74) is 1.72. The van der Waals surface area contributed by atoms with Gasteiger partial charge in [0.2, 0.25) is 0 Å². The smallest absolute Gasteiger partial charge is 0.168 e. The van der Waals surface area contributed by atoms with Crippen LogP contribution >= 0.6 is 11.6 Å². The Morgan fingerprint density at radius 3 is 3.00 bits per heavy atom. The van der Waals surface area contributed by atoms with Gasteiger partial charge in [-0.15, -0.1) is 0 Å². The van der Waals surface area contributed by atoms with Gasteiger partial charge in [-0.1, -0.05) is 24.6 Å². The molecule has 0 unspecified atom stereocenters. The third kappa shape index (κ3) is 2.65. The maximum absolute atomic E-state index is 6.10. The molecule has 1 saturated heterocycles. The number of nitrogens with zero attached hydrogens (tertiary/aromatic N) is 5. The van der Waals surface area contributed by atoms with Gasteiger partial charge < -0.3 is 4.90 Å². The van der Waals surface area contributed by atoms with Crippen LogP contribution in [0.15, 0.2) is 36.8 Å². The molecule has 23 heavy (non-hydrogen) atoms. The zero-order chi connectivity index (χ0) is 15.8. The van der Waals surface area contributed by atoms with Crippen LogP contribution in [0.25, 0.3) is 16.7 Å². The summed E-state index contributed by atoms with van der Waals surface area (Å²) in [7, 11) is 0. The first-order valence-corrected chi connectivity index (χ1v) is 8.30. The van der Waals surface area contributed by atoms with Gasteiger partial charge in [0.1, 0.15) is 12.1 Å². The fourth-order valence-electron chi connectivity index (χ4n) is 3.26. The molecule has 0 aliphatic carbocycles. The summed E-state index contributed by atoms with van der Waals surface area (Å²) in [4.78, 5) is 11.3. The Morgan fingerprint density at radius 2 is 2.17 bits per heavy atom. The number of benzene rings is 1. The third-order valence-corrected chi connectivity index (χ3v) is 4.59. The Labute approximate surface area is 139 Å². The van der Waals surface area contributed by atoms with E-state index in [0.717, 1.165) is 35.6 Å². The number of hydrogen-bond acceptors (Lipinski definition) is 4. The average Bonchev–Trinajstić information content (AvgIpc) is 2.99. The van der Waals surface area contributed by atoms with Crippen molar-refractivity contribution < 1.29 is 0 Å². The van der Waals surface area contributed by atoms with E-state index in [1.165, 1.54) is 12.8 Å². The van der Waals surface area contributed by atoms with Crippen molar-refractivity contribution in [2.45, 2.75) is 19.8 Å². The number of halogens is 1. The first-order valence-electron chi connectivity index (χ1n) is 7.92.